The molecule has 1 aromatic heterocycles. The van der Waals surface area contributed by atoms with E-state index in [1.54, 1.807) is 0 Å². The molecular formula is C16H26N4O3S. The summed E-state index contributed by atoms with van der Waals surface area (Å²) in [5, 5.41) is 7.24. The molecule has 134 valence electrons. The quantitative estimate of drug-likeness (QED) is 0.836. The second kappa shape index (κ2) is 6.84. The van der Waals surface area contributed by atoms with Gasteiger partial charge in [0.15, 0.2) is 0 Å². The van der Waals surface area contributed by atoms with E-state index in [4.69, 9.17) is 0 Å². The number of hydrogen-bond donors (Lipinski definition) is 1. The van der Waals surface area contributed by atoms with Crippen LogP contribution in [0.1, 0.15) is 30.7 Å². The molecule has 0 radical (unpaired) electrons. The first-order chi connectivity index (χ1) is 11.3. The number of piperidine rings is 1. The number of aryl methyl sites for hydroxylation is 1. The number of aromatic nitrogens is 2. The van der Waals surface area contributed by atoms with Gasteiger partial charge in [0, 0.05) is 50.6 Å². The number of aromatic amines is 1. The Morgan fingerprint density at radius 1 is 1.33 bits per heavy atom. The van der Waals surface area contributed by atoms with E-state index in [1.165, 1.54) is 6.26 Å². The monoisotopic (exact) mass is 354 g/mol. The Kier molecular flexibility index (Phi) is 4.96. The van der Waals surface area contributed by atoms with E-state index >= 15 is 0 Å². The van der Waals surface area contributed by atoms with Crippen molar-refractivity contribution in [2.75, 3.05) is 31.6 Å². The number of sulfone groups is 1. The molecule has 1 amide bonds. The van der Waals surface area contributed by atoms with E-state index in [-0.39, 0.29) is 23.6 Å². The maximum atomic E-state index is 12.2. The molecule has 0 aliphatic carbocycles. The van der Waals surface area contributed by atoms with Crippen LogP contribution in [0, 0.1) is 12.8 Å². The predicted octanol–water partition coefficient (Wildman–Crippen LogP) is 0.576. The van der Waals surface area contributed by atoms with Crippen LogP contribution in [0.3, 0.4) is 0 Å². The summed E-state index contributed by atoms with van der Waals surface area (Å²) in [5.41, 5.74) is 2.12. The zero-order chi connectivity index (χ0) is 17.3. The predicted molar refractivity (Wildman–Crippen MR) is 91.2 cm³/mol. The lowest BCUT2D eigenvalue weighted by Gasteiger charge is -2.36. The molecule has 1 unspecified atom stereocenters. The lowest BCUT2D eigenvalue weighted by molar-refractivity contribution is -0.130. The summed E-state index contributed by atoms with van der Waals surface area (Å²) in [5.74, 6) is 0.189. The van der Waals surface area contributed by atoms with Gasteiger partial charge < -0.3 is 4.90 Å². The molecule has 2 aliphatic heterocycles. The summed E-state index contributed by atoms with van der Waals surface area (Å²) >= 11 is 0. The lowest BCUT2D eigenvalue weighted by atomic mass is 10.0. The maximum Gasteiger partial charge on any atom is 0.223 e. The van der Waals surface area contributed by atoms with Crippen LogP contribution in [-0.2, 0) is 21.2 Å². The van der Waals surface area contributed by atoms with E-state index in [0.29, 0.717) is 13.0 Å². The number of hydrogen-bond acceptors (Lipinski definition) is 5. The summed E-state index contributed by atoms with van der Waals surface area (Å²) < 4.78 is 22.9. The normalized spacial score (nSPS) is 24.0. The average Bonchev–Trinajstić information content (AvgIpc) is 3.04. The Bertz CT molecular complexity index is 692. The second-order valence-corrected chi connectivity index (χ2v) is 9.44. The zero-order valence-electron chi connectivity index (χ0n) is 14.4. The number of likely N-dealkylation sites (tertiary alicyclic amines) is 2. The molecule has 0 aromatic carbocycles. The Hall–Kier alpha value is -1.41. The highest BCUT2D eigenvalue weighted by atomic mass is 32.2. The molecule has 3 heterocycles. The summed E-state index contributed by atoms with van der Waals surface area (Å²) in [6, 6.07) is 2.31. The van der Waals surface area contributed by atoms with E-state index in [1.807, 2.05) is 11.8 Å². The van der Waals surface area contributed by atoms with Crippen LogP contribution in [0.5, 0.6) is 0 Å². The average molecular weight is 354 g/mol. The fourth-order valence-electron chi connectivity index (χ4n) is 3.87. The third kappa shape index (κ3) is 4.36. The maximum absolute atomic E-state index is 12.2. The molecule has 1 N–H and O–H groups in total. The lowest BCUT2D eigenvalue weighted by Crippen LogP contribution is -2.45. The van der Waals surface area contributed by atoms with Gasteiger partial charge >= 0.3 is 0 Å². The number of H-pyrrole nitrogens is 1. The molecule has 0 spiro atoms. The fourth-order valence-corrected chi connectivity index (χ4v) is 4.95. The highest BCUT2D eigenvalue weighted by Gasteiger charge is 2.36. The topological polar surface area (TPSA) is 86.4 Å². The van der Waals surface area contributed by atoms with Gasteiger partial charge in [-0.15, -0.1) is 0 Å². The standard InChI is InChI=1S/C16H26N4O3S/c1-12-7-14(18-17-12)10-19-5-3-15(4-6-19)20-9-13(8-16(20)21)11-24(2,22)23/h7,13,15H,3-6,8-11H2,1-2H3,(H,17,18). The number of carbonyl (C=O) groups is 1. The molecule has 1 atom stereocenters. The van der Waals surface area contributed by atoms with E-state index in [2.05, 4.69) is 21.2 Å². The minimum atomic E-state index is -3.02. The van der Waals surface area contributed by atoms with Gasteiger partial charge in [0.25, 0.3) is 0 Å². The van der Waals surface area contributed by atoms with Gasteiger partial charge in [-0.05, 0) is 31.7 Å². The van der Waals surface area contributed by atoms with E-state index in [9.17, 15) is 13.2 Å². The van der Waals surface area contributed by atoms with Crippen molar-refractivity contribution in [3.8, 4) is 0 Å². The third-order valence-electron chi connectivity index (χ3n) is 4.92. The molecule has 0 bridgehead atoms. The number of nitrogens with one attached hydrogen (secondary N) is 1. The largest absolute Gasteiger partial charge is 0.339 e. The molecule has 2 saturated heterocycles. The molecule has 7 nitrogen and oxygen atoms in total. The van der Waals surface area contributed by atoms with Crippen molar-refractivity contribution < 1.29 is 13.2 Å². The molecule has 1 aromatic rings. The van der Waals surface area contributed by atoms with Crippen LogP contribution in [0.15, 0.2) is 6.07 Å². The summed E-state index contributed by atoms with van der Waals surface area (Å²) in [6.07, 6.45) is 3.51. The van der Waals surface area contributed by atoms with Gasteiger partial charge in [-0.1, -0.05) is 0 Å². The van der Waals surface area contributed by atoms with E-state index in [0.717, 1.165) is 43.9 Å². The van der Waals surface area contributed by atoms with Crippen molar-refractivity contribution in [2.45, 2.75) is 38.8 Å². The van der Waals surface area contributed by atoms with Crippen LogP contribution in [0.4, 0.5) is 0 Å². The molecule has 3 rings (SSSR count). The van der Waals surface area contributed by atoms with E-state index < -0.39 is 9.84 Å². The Morgan fingerprint density at radius 2 is 2.04 bits per heavy atom. The third-order valence-corrected chi connectivity index (χ3v) is 6.00. The van der Waals surface area contributed by atoms with Crippen LogP contribution in [0.2, 0.25) is 0 Å². The number of nitrogens with zero attached hydrogens (tertiary/aromatic N) is 3. The number of amides is 1. The first-order valence-corrected chi connectivity index (χ1v) is 10.6. The van der Waals surface area contributed by atoms with Crippen molar-refractivity contribution in [3.63, 3.8) is 0 Å². The van der Waals surface area contributed by atoms with Crippen molar-refractivity contribution in [2.24, 2.45) is 5.92 Å². The first-order valence-electron chi connectivity index (χ1n) is 8.50. The Labute approximate surface area is 143 Å². The summed E-state index contributed by atoms with van der Waals surface area (Å²) in [4.78, 5) is 16.5. The molecular weight excluding hydrogens is 328 g/mol. The second-order valence-electron chi connectivity index (χ2n) is 7.26. The van der Waals surface area contributed by atoms with Crippen LogP contribution < -0.4 is 0 Å². The highest BCUT2D eigenvalue weighted by Crippen LogP contribution is 2.26. The van der Waals surface area contributed by atoms with Gasteiger partial charge in [-0.2, -0.15) is 5.10 Å². The van der Waals surface area contributed by atoms with Crippen LogP contribution in [0.25, 0.3) is 0 Å². The summed E-state index contributed by atoms with van der Waals surface area (Å²) in [7, 11) is -3.02. The molecule has 0 saturated carbocycles. The zero-order valence-corrected chi connectivity index (χ0v) is 15.2. The number of rotatable bonds is 5. The fraction of sp³-hybridized carbons (Fsp3) is 0.750. The van der Waals surface area contributed by atoms with Crippen LogP contribution in [-0.4, -0.2) is 72.0 Å². The van der Waals surface area contributed by atoms with Crippen molar-refractivity contribution >= 4 is 15.7 Å². The van der Waals surface area contributed by atoms with Gasteiger partial charge in [0.1, 0.15) is 9.84 Å². The SMILES string of the molecule is Cc1cc(CN2CCC(N3CC(CS(C)(=O)=O)CC3=O)CC2)n[nH]1. The van der Waals surface area contributed by atoms with Gasteiger partial charge in [-0.3, -0.25) is 14.8 Å². The van der Waals surface area contributed by atoms with Gasteiger partial charge in [0.05, 0.1) is 11.4 Å². The van der Waals surface area contributed by atoms with Crippen molar-refractivity contribution in [1.82, 2.24) is 20.0 Å². The Balaban J connectivity index is 1.50. The molecule has 2 fully saturated rings. The smallest absolute Gasteiger partial charge is 0.223 e. The van der Waals surface area contributed by atoms with Crippen molar-refractivity contribution in [1.29, 1.82) is 0 Å². The minimum Gasteiger partial charge on any atom is -0.339 e. The molecule has 8 heteroatoms. The Morgan fingerprint density at radius 3 is 2.62 bits per heavy atom. The van der Waals surface area contributed by atoms with Gasteiger partial charge in [0.2, 0.25) is 5.91 Å². The summed E-state index contributed by atoms with van der Waals surface area (Å²) in [6.45, 7) is 5.31. The molecule has 2 aliphatic rings. The highest BCUT2D eigenvalue weighted by molar-refractivity contribution is 7.90. The van der Waals surface area contributed by atoms with Gasteiger partial charge in [-0.25, -0.2) is 8.42 Å². The first kappa shape index (κ1) is 17.4. The molecule has 24 heavy (non-hydrogen) atoms. The number of carbonyl (C=O) groups excluding carboxylic acids is 1. The van der Waals surface area contributed by atoms with Crippen molar-refractivity contribution in [3.05, 3.63) is 17.5 Å². The minimum absolute atomic E-state index is 0.0439. The van der Waals surface area contributed by atoms with Crippen LogP contribution >= 0.6 is 0 Å².